The largest absolute Gasteiger partial charge is 0.492 e. The first kappa shape index (κ1) is 13.4. The molecule has 0 saturated carbocycles. The zero-order valence-electron chi connectivity index (χ0n) is 11.6. The second-order valence-corrected chi connectivity index (χ2v) is 5.05. The van der Waals surface area contributed by atoms with Gasteiger partial charge in [0.2, 0.25) is 0 Å². The Morgan fingerprint density at radius 2 is 1.81 bits per heavy atom. The molecule has 0 unspecified atom stereocenters. The molecule has 0 aliphatic carbocycles. The van der Waals surface area contributed by atoms with E-state index < -0.39 is 5.97 Å². The number of fused-ring (bicyclic) bond motifs is 1. The molecular formula is C17H14O4. The number of ketones is 1. The van der Waals surface area contributed by atoms with Crippen LogP contribution in [0.3, 0.4) is 0 Å². The van der Waals surface area contributed by atoms with Crippen molar-refractivity contribution in [2.75, 3.05) is 6.61 Å². The van der Waals surface area contributed by atoms with Crippen LogP contribution in [0.15, 0.2) is 36.4 Å². The van der Waals surface area contributed by atoms with Gasteiger partial charge in [-0.2, -0.15) is 0 Å². The Morgan fingerprint density at radius 3 is 2.43 bits per heavy atom. The lowest BCUT2D eigenvalue weighted by Crippen LogP contribution is -2.00. The molecule has 0 radical (unpaired) electrons. The second kappa shape index (κ2) is 5.05. The number of ether oxygens (including phenoxy) is 1. The maximum absolute atomic E-state index is 11.4. The zero-order valence-corrected chi connectivity index (χ0v) is 11.6. The van der Waals surface area contributed by atoms with E-state index in [4.69, 9.17) is 4.74 Å². The van der Waals surface area contributed by atoms with Gasteiger partial charge in [0.05, 0.1) is 6.61 Å². The number of hydrogen-bond donors (Lipinski definition) is 1. The van der Waals surface area contributed by atoms with Gasteiger partial charge in [0, 0.05) is 12.0 Å². The number of carbonyl (C=O) groups is 2. The molecule has 0 atom stereocenters. The highest BCUT2D eigenvalue weighted by Crippen LogP contribution is 2.34. The number of carbonyl (C=O) groups excluding carboxylic acids is 1. The van der Waals surface area contributed by atoms with Crippen molar-refractivity contribution in [3.8, 4) is 16.9 Å². The van der Waals surface area contributed by atoms with E-state index in [-0.39, 0.29) is 11.3 Å². The van der Waals surface area contributed by atoms with Gasteiger partial charge in [0.25, 0.3) is 0 Å². The average Bonchev–Trinajstić information content (AvgIpc) is 2.94. The first-order valence-corrected chi connectivity index (χ1v) is 6.70. The fourth-order valence-corrected chi connectivity index (χ4v) is 2.53. The Bertz CT molecular complexity index is 729. The smallest absolute Gasteiger partial charge is 0.339 e. The van der Waals surface area contributed by atoms with E-state index in [0.29, 0.717) is 17.9 Å². The summed E-state index contributed by atoms with van der Waals surface area (Å²) in [5.74, 6) is -0.503. The summed E-state index contributed by atoms with van der Waals surface area (Å²) in [6.45, 7) is 2.03. The molecule has 0 spiro atoms. The molecule has 1 aliphatic heterocycles. The summed E-state index contributed by atoms with van der Waals surface area (Å²) in [7, 11) is 0. The van der Waals surface area contributed by atoms with Gasteiger partial charge in [0.1, 0.15) is 11.3 Å². The Hall–Kier alpha value is -2.62. The number of carboxylic acid groups (broad SMARTS) is 1. The average molecular weight is 282 g/mol. The van der Waals surface area contributed by atoms with Gasteiger partial charge in [-0.05, 0) is 35.7 Å². The summed E-state index contributed by atoms with van der Waals surface area (Å²) in [5, 5.41) is 9.31. The van der Waals surface area contributed by atoms with E-state index in [1.165, 1.54) is 6.92 Å². The predicted octanol–water partition coefficient (Wildman–Crippen LogP) is 3.19. The third-order valence-corrected chi connectivity index (χ3v) is 3.64. The quantitative estimate of drug-likeness (QED) is 0.878. The van der Waals surface area contributed by atoms with Gasteiger partial charge in [0.15, 0.2) is 5.78 Å². The maximum Gasteiger partial charge on any atom is 0.339 e. The monoisotopic (exact) mass is 282 g/mol. The van der Waals surface area contributed by atoms with E-state index >= 15 is 0 Å². The molecule has 106 valence electrons. The lowest BCUT2D eigenvalue weighted by Gasteiger charge is -2.09. The summed E-state index contributed by atoms with van der Waals surface area (Å²) < 4.78 is 5.41. The summed E-state index contributed by atoms with van der Waals surface area (Å²) >= 11 is 0. The molecular weight excluding hydrogens is 268 g/mol. The van der Waals surface area contributed by atoms with Gasteiger partial charge in [-0.1, -0.05) is 24.3 Å². The predicted molar refractivity (Wildman–Crippen MR) is 78.0 cm³/mol. The van der Waals surface area contributed by atoms with Crippen LogP contribution in [0, 0.1) is 0 Å². The molecule has 0 saturated heterocycles. The molecule has 1 aliphatic rings. The molecule has 1 N–H and O–H groups in total. The highest BCUT2D eigenvalue weighted by molar-refractivity contribution is 5.95. The normalized spacial score (nSPS) is 12.6. The van der Waals surface area contributed by atoms with Gasteiger partial charge < -0.3 is 9.84 Å². The van der Waals surface area contributed by atoms with Crippen molar-refractivity contribution in [2.24, 2.45) is 0 Å². The van der Waals surface area contributed by atoms with E-state index in [0.717, 1.165) is 23.1 Å². The summed E-state index contributed by atoms with van der Waals surface area (Å²) in [6.07, 6.45) is 0.717. The minimum Gasteiger partial charge on any atom is -0.492 e. The van der Waals surface area contributed by atoms with Crippen molar-refractivity contribution >= 4 is 11.8 Å². The Morgan fingerprint density at radius 1 is 1.10 bits per heavy atom. The van der Waals surface area contributed by atoms with E-state index in [1.807, 2.05) is 18.2 Å². The van der Waals surface area contributed by atoms with Crippen LogP contribution in [-0.4, -0.2) is 23.5 Å². The minimum atomic E-state index is -0.990. The maximum atomic E-state index is 11.4. The van der Waals surface area contributed by atoms with Crippen LogP contribution in [0.25, 0.3) is 11.1 Å². The molecule has 4 heteroatoms. The number of Topliss-reactive ketones (excluding diaryl/α,β-unsaturated/α-hetero) is 1. The summed E-state index contributed by atoms with van der Waals surface area (Å²) in [5.41, 5.74) is 3.46. The van der Waals surface area contributed by atoms with E-state index in [9.17, 15) is 14.7 Å². The van der Waals surface area contributed by atoms with E-state index in [1.54, 1.807) is 18.2 Å². The van der Waals surface area contributed by atoms with Crippen molar-refractivity contribution in [1.82, 2.24) is 0 Å². The first-order valence-electron chi connectivity index (χ1n) is 6.70. The molecule has 1 heterocycles. The number of carboxylic acids is 1. The van der Waals surface area contributed by atoms with Gasteiger partial charge >= 0.3 is 5.97 Å². The minimum absolute atomic E-state index is 0.00938. The van der Waals surface area contributed by atoms with Crippen LogP contribution < -0.4 is 4.74 Å². The first-order chi connectivity index (χ1) is 10.1. The SMILES string of the molecule is CC(=O)c1ccc(-c2cc3c(c(C(=O)O)c2)OCC3)cc1. The summed E-state index contributed by atoms with van der Waals surface area (Å²) in [6, 6.07) is 10.7. The standard InChI is InChI=1S/C17H14O4/c1-10(18)11-2-4-12(5-3-11)14-8-13-6-7-21-16(13)15(9-14)17(19)20/h2-5,8-9H,6-7H2,1H3,(H,19,20). The highest BCUT2D eigenvalue weighted by atomic mass is 16.5. The molecule has 0 aromatic heterocycles. The van der Waals surface area contributed by atoms with Crippen LogP contribution >= 0.6 is 0 Å². The van der Waals surface area contributed by atoms with Crippen LogP contribution in [-0.2, 0) is 6.42 Å². The van der Waals surface area contributed by atoms with Crippen molar-refractivity contribution < 1.29 is 19.4 Å². The Balaban J connectivity index is 2.08. The van der Waals surface area contributed by atoms with Crippen LogP contribution in [0.4, 0.5) is 0 Å². The molecule has 21 heavy (non-hydrogen) atoms. The number of aromatic carboxylic acids is 1. The molecule has 2 aromatic carbocycles. The van der Waals surface area contributed by atoms with Gasteiger partial charge in [-0.25, -0.2) is 4.79 Å². The molecule has 0 bridgehead atoms. The van der Waals surface area contributed by atoms with Crippen molar-refractivity contribution in [3.05, 3.63) is 53.1 Å². The van der Waals surface area contributed by atoms with Crippen molar-refractivity contribution in [2.45, 2.75) is 13.3 Å². The van der Waals surface area contributed by atoms with Gasteiger partial charge in [-0.3, -0.25) is 4.79 Å². The third-order valence-electron chi connectivity index (χ3n) is 3.64. The van der Waals surface area contributed by atoms with Crippen LogP contribution in [0.1, 0.15) is 33.2 Å². The molecule has 2 aromatic rings. The topological polar surface area (TPSA) is 63.6 Å². The Kier molecular flexibility index (Phi) is 3.22. The van der Waals surface area contributed by atoms with Crippen molar-refractivity contribution in [1.29, 1.82) is 0 Å². The summed E-state index contributed by atoms with van der Waals surface area (Å²) in [4.78, 5) is 22.7. The number of rotatable bonds is 3. The fraction of sp³-hybridized carbons (Fsp3) is 0.176. The fourth-order valence-electron chi connectivity index (χ4n) is 2.53. The molecule has 3 rings (SSSR count). The van der Waals surface area contributed by atoms with E-state index in [2.05, 4.69) is 0 Å². The number of hydrogen-bond acceptors (Lipinski definition) is 3. The third kappa shape index (κ3) is 2.40. The molecule has 0 amide bonds. The lowest BCUT2D eigenvalue weighted by atomic mass is 9.97. The highest BCUT2D eigenvalue weighted by Gasteiger charge is 2.22. The van der Waals surface area contributed by atoms with Crippen LogP contribution in [0.2, 0.25) is 0 Å². The Labute approximate surface area is 122 Å². The zero-order chi connectivity index (χ0) is 15.0. The lowest BCUT2D eigenvalue weighted by molar-refractivity contribution is 0.0693. The second-order valence-electron chi connectivity index (χ2n) is 5.05. The number of benzene rings is 2. The van der Waals surface area contributed by atoms with Gasteiger partial charge in [-0.15, -0.1) is 0 Å². The molecule has 4 nitrogen and oxygen atoms in total. The van der Waals surface area contributed by atoms with Crippen LogP contribution in [0.5, 0.6) is 5.75 Å². The van der Waals surface area contributed by atoms with Crippen molar-refractivity contribution in [3.63, 3.8) is 0 Å². The molecule has 0 fully saturated rings.